The second kappa shape index (κ2) is 6.10. The molecule has 0 radical (unpaired) electrons. The molecule has 1 rings (SSSR count). The molecular weight excluding hydrogens is 198 g/mol. The van der Waals surface area contributed by atoms with E-state index in [9.17, 15) is 4.79 Å². The lowest BCUT2D eigenvalue weighted by atomic mass is 10.3. The first kappa shape index (κ1) is 11.6. The summed E-state index contributed by atoms with van der Waals surface area (Å²) in [4.78, 5) is 14.5. The zero-order chi connectivity index (χ0) is 11.1. The molecule has 0 aliphatic carbocycles. The molecule has 5 heteroatoms. The minimum absolute atomic E-state index is 0.208. The molecule has 0 amide bonds. The maximum Gasteiger partial charge on any atom is 0.191 e. The van der Waals surface area contributed by atoms with Crippen LogP contribution in [0.3, 0.4) is 0 Å². The number of ether oxygens (including phenoxy) is 3. The van der Waals surface area contributed by atoms with Gasteiger partial charge in [-0.1, -0.05) is 0 Å². The number of methoxy groups -OCH3 is 2. The normalized spacial score (nSPS) is 10.3. The van der Waals surface area contributed by atoms with Crippen LogP contribution in [0.4, 0.5) is 0 Å². The van der Waals surface area contributed by atoms with Gasteiger partial charge in [-0.15, -0.1) is 0 Å². The van der Waals surface area contributed by atoms with Gasteiger partial charge in [0.05, 0.1) is 0 Å². The zero-order valence-corrected chi connectivity index (χ0v) is 8.67. The van der Waals surface area contributed by atoms with Gasteiger partial charge in [0.1, 0.15) is 18.1 Å². The third-order valence-corrected chi connectivity index (χ3v) is 1.81. The molecule has 82 valence electrons. The fourth-order valence-corrected chi connectivity index (χ4v) is 1.00. The van der Waals surface area contributed by atoms with Gasteiger partial charge in [0.2, 0.25) is 0 Å². The van der Waals surface area contributed by atoms with Crippen LogP contribution in [0, 0.1) is 0 Å². The predicted molar refractivity (Wildman–Crippen MR) is 52.9 cm³/mol. The Hall–Kier alpha value is -1.46. The standard InChI is InChI=1S/C10H13NO4/c1-13-10(14-2)7-15-9-4-3-5-11-8(9)6-12/h3-6,10H,7H2,1-2H3. The quantitative estimate of drug-likeness (QED) is 0.516. The summed E-state index contributed by atoms with van der Waals surface area (Å²) in [5.74, 6) is 0.423. The highest BCUT2D eigenvalue weighted by Gasteiger charge is 2.08. The van der Waals surface area contributed by atoms with Crippen molar-refractivity contribution >= 4 is 6.29 Å². The van der Waals surface area contributed by atoms with Crippen molar-refractivity contribution in [3.05, 3.63) is 24.0 Å². The largest absolute Gasteiger partial charge is 0.486 e. The molecule has 0 aliphatic rings. The van der Waals surface area contributed by atoms with Crippen molar-refractivity contribution in [2.24, 2.45) is 0 Å². The molecule has 0 aliphatic heterocycles. The Labute approximate surface area is 88.0 Å². The topological polar surface area (TPSA) is 57.7 Å². The molecule has 5 nitrogen and oxygen atoms in total. The van der Waals surface area contributed by atoms with Gasteiger partial charge in [-0.3, -0.25) is 4.79 Å². The van der Waals surface area contributed by atoms with E-state index in [1.807, 2.05) is 0 Å². The van der Waals surface area contributed by atoms with Gasteiger partial charge in [-0.2, -0.15) is 0 Å². The monoisotopic (exact) mass is 211 g/mol. The van der Waals surface area contributed by atoms with Crippen LogP contribution < -0.4 is 4.74 Å². The molecule has 0 fully saturated rings. The maximum absolute atomic E-state index is 10.6. The Bertz CT molecular complexity index is 312. The molecule has 0 bridgehead atoms. The van der Waals surface area contributed by atoms with Gasteiger partial charge in [0, 0.05) is 20.4 Å². The highest BCUT2D eigenvalue weighted by molar-refractivity contribution is 5.75. The fourth-order valence-electron chi connectivity index (χ4n) is 1.00. The average Bonchev–Trinajstić information content (AvgIpc) is 2.31. The van der Waals surface area contributed by atoms with E-state index in [1.165, 1.54) is 20.4 Å². The zero-order valence-electron chi connectivity index (χ0n) is 8.67. The van der Waals surface area contributed by atoms with Crippen LogP contribution in [0.15, 0.2) is 18.3 Å². The summed E-state index contributed by atoms with van der Waals surface area (Å²) in [6, 6.07) is 3.36. The smallest absolute Gasteiger partial charge is 0.191 e. The lowest BCUT2D eigenvalue weighted by molar-refractivity contribution is -0.122. The van der Waals surface area contributed by atoms with Crippen LogP contribution >= 0.6 is 0 Å². The molecule has 0 atom stereocenters. The van der Waals surface area contributed by atoms with Gasteiger partial charge in [0.15, 0.2) is 12.6 Å². The molecule has 0 saturated carbocycles. The molecular formula is C10H13NO4. The lowest BCUT2D eigenvalue weighted by Crippen LogP contribution is -2.22. The summed E-state index contributed by atoms with van der Waals surface area (Å²) in [7, 11) is 3.03. The van der Waals surface area contributed by atoms with Crippen LogP contribution in [-0.4, -0.2) is 38.4 Å². The molecule has 1 aromatic rings. The van der Waals surface area contributed by atoms with Gasteiger partial charge < -0.3 is 14.2 Å². The summed E-state index contributed by atoms with van der Waals surface area (Å²) in [5.41, 5.74) is 0.267. The summed E-state index contributed by atoms with van der Waals surface area (Å²) in [6.07, 6.45) is 1.72. The van der Waals surface area contributed by atoms with Crippen molar-refractivity contribution < 1.29 is 19.0 Å². The molecule has 0 unspecified atom stereocenters. The second-order valence-electron chi connectivity index (χ2n) is 2.72. The molecule has 0 aromatic carbocycles. The van der Waals surface area contributed by atoms with E-state index in [0.29, 0.717) is 12.0 Å². The number of carbonyl (C=O) groups excluding carboxylic acids is 1. The van der Waals surface area contributed by atoms with Crippen LogP contribution in [0.1, 0.15) is 10.5 Å². The number of hydrogen-bond acceptors (Lipinski definition) is 5. The number of pyridine rings is 1. The van der Waals surface area contributed by atoms with Gasteiger partial charge in [-0.25, -0.2) is 4.98 Å². The third kappa shape index (κ3) is 3.30. The molecule has 1 heterocycles. The fraction of sp³-hybridized carbons (Fsp3) is 0.400. The van der Waals surface area contributed by atoms with Gasteiger partial charge in [-0.05, 0) is 12.1 Å². The highest BCUT2D eigenvalue weighted by Crippen LogP contribution is 2.13. The van der Waals surface area contributed by atoms with E-state index < -0.39 is 6.29 Å². The van der Waals surface area contributed by atoms with Crippen LogP contribution in [0.5, 0.6) is 5.75 Å². The van der Waals surface area contributed by atoms with Gasteiger partial charge in [0.25, 0.3) is 0 Å². The van der Waals surface area contributed by atoms with Crippen molar-refractivity contribution in [2.45, 2.75) is 6.29 Å². The number of hydrogen-bond donors (Lipinski definition) is 0. The molecule has 0 spiro atoms. The first-order chi connectivity index (χ1) is 7.31. The Kier molecular flexibility index (Phi) is 4.73. The first-order valence-corrected chi connectivity index (χ1v) is 4.40. The molecule has 15 heavy (non-hydrogen) atoms. The number of carbonyl (C=O) groups is 1. The predicted octanol–water partition coefficient (Wildman–Crippen LogP) is 0.892. The van der Waals surface area contributed by atoms with E-state index in [2.05, 4.69) is 4.98 Å². The maximum atomic E-state index is 10.6. The Morgan fingerprint density at radius 1 is 1.47 bits per heavy atom. The first-order valence-electron chi connectivity index (χ1n) is 4.40. The van der Waals surface area contributed by atoms with E-state index in [-0.39, 0.29) is 12.3 Å². The van der Waals surface area contributed by atoms with Crippen molar-refractivity contribution in [1.29, 1.82) is 0 Å². The van der Waals surface area contributed by atoms with Crippen molar-refractivity contribution in [2.75, 3.05) is 20.8 Å². The number of rotatable bonds is 6. The SMILES string of the molecule is COC(COc1cccnc1C=O)OC. The average molecular weight is 211 g/mol. The molecule has 1 aromatic heterocycles. The van der Waals surface area contributed by atoms with Crippen LogP contribution in [-0.2, 0) is 9.47 Å². The van der Waals surface area contributed by atoms with E-state index in [0.717, 1.165) is 0 Å². The molecule has 0 N–H and O–H groups in total. The van der Waals surface area contributed by atoms with Crippen LogP contribution in [0.25, 0.3) is 0 Å². The van der Waals surface area contributed by atoms with Gasteiger partial charge >= 0.3 is 0 Å². The van der Waals surface area contributed by atoms with Crippen molar-refractivity contribution in [3.8, 4) is 5.75 Å². The van der Waals surface area contributed by atoms with Crippen molar-refractivity contribution in [3.63, 3.8) is 0 Å². The second-order valence-corrected chi connectivity index (χ2v) is 2.72. The van der Waals surface area contributed by atoms with Crippen molar-refractivity contribution in [1.82, 2.24) is 4.98 Å². The van der Waals surface area contributed by atoms with Crippen LogP contribution in [0.2, 0.25) is 0 Å². The lowest BCUT2D eigenvalue weighted by Gasteiger charge is -2.14. The summed E-state index contributed by atoms with van der Waals surface area (Å²) < 4.78 is 15.2. The van der Waals surface area contributed by atoms with E-state index in [4.69, 9.17) is 14.2 Å². The number of aldehydes is 1. The Morgan fingerprint density at radius 2 is 2.20 bits per heavy atom. The minimum Gasteiger partial charge on any atom is -0.486 e. The number of aromatic nitrogens is 1. The minimum atomic E-state index is -0.454. The summed E-state index contributed by atoms with van der Waals surface area (Å²) in [5, 5.41) is 0. The third-order valence-electron chi connectivity index (χ3n) is 1.81. The van der Waals surface area contributed by atoms with E-state index in [1.54, 1.807) is 12.1 Å². The highest BCUT2D eigenvalue weighted by atomic mass is 16.7. The van der Waals surface area contributed by atoms with E-state index >= 15 is 0 Å². The molecule has 0 saturated heterocycles. The Morgan fingerprint density at radius 3 is 2.80 bits per heavy atom. The Balaban J connectivity index is 2.60. The summed E-state index contributed by atoms with van der Waals surface area (Å²) >= 11 is 0. The number of nitrogens with zero attached hydrogens (tertiary/aromatic N) is 1. The summed E-state index contributed by atoms with van der Waals surface area (Å²) in [6.45, 7) is 0.208.